The Morgan fingerprint density at radius 3 is 2.96 bits per heavy atom. The van der Waals surface area contributed by atoms with Gasteiger partial charge in [0.25, 0.3) is 0 Å². The molecule has 126 valence electrons. The molecule has 2 aliphatic rings. The van der Waals surface area contributed by atoms with Gasteiger partial charge in [-0.1, -0.05) is 15.9 Å². The van der Waals surface area contributed by atoms with E-state index in [0.29, 0.717) is 25.3 Å². The first-order valence-corrected chi connectivity index (χ1v) is 8.59. The topological polar surface area (TPSA) is 53.8 Å². The van der Waals surface area contributed by atoms with Gasteiger partial charge in [0.05, 0.1) is 5.70 Å². The molecule has 0 aromatic heterocycles. The molecule has 1 aromatic rings. The van der Waals surface area contributed by atoms with E-state index in [4.69, 9.17) is 10.5 Å². The highest BCUT2D eigenvalue weighted by Gasteiger charge is 2.23. The van der Waals surface area contributed by atoms with Crippen molar-refractivity contribution in [3.05, 3.63) is 28.2 Å². The predicted molar refractivity (Wildman–Crippen MR) is 93.9 cm³/mol. The molecule has 1 fully saturated rings. The molecular weight excluding hydrogens is 363 g/mol. The monoisotopic (exact) mass is 384 g/mol. The summed E-state index contributed by atoms with van der Waals surface area (Å²) < 4.78 is 20.2. The van der Waals surface area contributed by atoms with Crippen LogP contribution in [-0.2, 0) is 0 Å². The molecule has 0 unspecified atom stereocenters. The number of nitrogen functional groups attached to an aromatic ring is 1. The summed E-state index contributed by atoms with van der Waals surface area (Å²) in [7, 11) is 1.96. The lowest BCUT2D eigenvalue weighted by Gasteiger charge is -2.21. The number of nitrogens with two attached hydrogens (primary N) is 1. The van der Waals surface area contributed by atoms with Crippen molar-refractivity contribution in [3.63, 3.8) is 0 Å². The number of nitrogens with zero attached hydrogens (tertiary/aromatic N) is 2. The molecule has 0 spiro atoms. The van der Waals surface area contributed by atoms with Crippen LogP contribution < -0.4 is 15.9 Å². The molecule has 0 amide bonds. The lowest BCUT2D eigenvalue weighted by Crippen LogP contribution is -2.27. The highest BCUT2D eigenvalue weighted by molar-refractivity contribution is 9.11. The molecule has 0 saturated carbocycles. The zero-order chi connectivity index (χ0) is 16.4. The lowest BCUT2D eigenvalue weighted by molar-refractivity contribution is 0.224. The van der Waals surface area contributed by atoms with Gasteiger partial charge in [-0.25, -0.2) is 9.82 Å². The van der Waals surface area contributed by atoms with E-state index in [1.54, 1.807) is 0 Å². The standard InChI is InChI=1S/C16H22BrFN4O/c1-21-16(14(17)9-20-21)13-8-12(19)2-3-15(13)23-7-6-22-5-4-11(18)10-22/h2-3,8,11,20H,4-7,9-10,19H2,1H3/t11-/m0/s1. The summed E-state index contributed by atoms with van der Waals surface area (Å²) in [5.41, 5.74) is 11.9. The first-order valence-electron chi connectivity index (χ1n) is 7.79. The molecule has 0 aliphatic carbocycles. The highest BCUT2D eigenvalue weighted by atomic mass is 79.9. The van der Waals surface area contributed by atoms with E-state index in [2.05, 4.69) is 26.3 Å². The zero-order valence-corrected chi connectivity index (χ0v) is 14.8. The third-order valence-corrected chi connectivity index (χ3v) is 4.86. The van der Waals surface area contributed by atoms with Crippen LogP contribution in [0.5, 0.6) is 5.75 Å². The smallest absolute Gasteiger partial charge is 0.128 e. The van der Waals surface area contributed by atoms with Gasteiger partial charge in [-0.2, -0.15) is 0 Å². The summed E-state index contributed by atoms with van der Waals surface area (Å²) >= 11 is 3.60. The summed E-state index contributed by atoms with van der Waals surface area (Å²) in [6, 6.07) is 5.65. The highest BCUT2D eigenvalue weighted by Crippen LogP contribution is 2.35. The number of halogens is 2. The van der Waals surface area contributed by atoms with Gasteiger partial charge in [0.2, 0.25) is 0 Å². The second-order valence-corrected chi connectivity index (χ2v) is 6.90. The molecule has 0 radical (unpaired) electrons. The van der Waals surface area contributed by atoms with Crippen LogP contribution >= 0.6 is 15.9 Å². The second-order valence-electron chi connectivity index (χ2n) is 5.94. The van der Waals surface area contributed by atoms with Crippen LogP contribution in [0.2, 0.25) is 0 Å². The van der Waals surface area contributed by atoms with E-state index >= 15 is 0 Å². The molecule has 0 bridgehead atoms. The molecule has 2 aliphatic heterocycles. The Balaban J connectivity index is 1.71. The third kappa shape index (κ3) is 3.79. The summed E-state index contributed by atoms with van der Waals surface area (Å²) in [5.74, 6) is 0.790. The number of ether oxygens (including phenoxy) is 1. The van der Waals surface area contributed by atoms with Crippen molar-refractivity contribution >= 4 is 27.3 Å². The van der Waals surface area contributed by atoms with Gasteiger partial charge in [-0.05, 0) is 24.6 Å². The number of benzene rings is 1. The number of hydrogen-bond donors (Lipinski definition) is 2. The molecule has 1 saturated heterocycles. The van der Waals surface area contributed by atoms with Crippen LogP contribution in [0.1, 0.15) is 12.0 Å². The Hall–Kier alpha value is -1.31. The first kappa shape index (κ1) is 16.5. The van der Waals surface area contributed by atoms with E-state index < -0.39 is 6.17 Å². The van der Waals surface area contributed by atoms with E-state index in [1.165, 1.54) is 0 Å². The maximum atomic E-state index is 13.2. The number of rotatable bonds is 5. The molecule has 2 heterocycles. The predicted octanol–water partition coefficient (Wildman–Crippen LogP) is 2.20. The number of hydrazine groups is 1. The Labute approximate surface area is 144 Å². The summed E-state index contributed by atoms with van der Waals surface area (Å²) in [6.45, 7) is 3.33. The molecule has 3 N–H and O–H groups in total. The normalized spacial score (nSPS) is 22.2. The molecule has 1 aromatic carbocycles. The van der Waals surface area contributed by atoms with Crippen LogP contribution in [0.25, 0.3) is 5.70 Å². The fourth-order valence-corrected chi connectivity index (χ4v) is 3.60. The minimum atomic E-state index is -0.693. The average molecular weight is 385 g/mol. The van der Waals surface area contributed by atoms with Crippen LogP contribution in [-0.4, -0.2) is 55.9 Å². The number of hydrogen-bond acceptors (Lipinski definition) is 5. The lowest BCUT2D eigenvalue weighted by atomic mass is 10.1. The zero-order valence-electron chi connectivity index (χ0n) is 13.2. The fraction of sp³-hybridized carbons (Fsp3) is 0.500. The van der Waals surface area contributed by atoms with Crippen molar-refractivity contribution in [2.24, 2.45) is 0 Å². The van der Waals surface area contributed by atoms with Gasteiger partial charge in [-0.3, -0.25) is 4.90 Å². The molecule has 5 nitrogen and oxygen atoms in total. The molecule has 7 heteroatoms. The van der Waals surface area contributed by atoms with Crippen molar-refractivity contribution < 1.29 is 9.13 Å². The van der Waals surface area contributed by atoms with Crippen LogP contribution in [0, 0.1) is 0 Å². The Morgan fingerprint density at radius 1 is 1.48 bits per heavy atom. The summed E-state index contributed by atoms with van der Waals surface area (Å²) in [4.78, 5) is 2.10. The van der Waals surface area contributed by atoms with Crippen molar-refractivity contribution in [3.8, 4) is 5.75 Å². The van der Waals surface area contributed by atoms with Gasteiger partial charge >= 0.3 is 0 Å². The number of nitrogens with one attached hydrogen (secondary N) is 1. The SMILES string of the molecule is CN1NCC(Br)=C1c1cc(N)ccc1OCCN1CC[C@H](F)C1. The van der Waals surface area contributed by atoms with Crippen LogP contribution in [0.4, 0.5) is 10.1 Å². The van der Waals surface area contributed by atoms with E-state index in [0.717, 1.165) is 41.1 Å². The summed E-state index contributed by atoms with van der Waals surface area (Å²) in [6.07, 6.45) is -0.0648. The minimum Gasteiger partial charge on any atom is -0.492 e. The molecule has 1 atom stereocenters. The van der Waals surface area contributed by atoms with Crippen LogP contribution in [0.3, 0.4) is 0 Å². The maximum absolute atomic E-state index is 13.2. The van der Waals surface area contributed by atoms with E-state index in [9.17, 15) is 4.39 Å². The fourth-order valence-electron chi connectivity index (χ4n) is 2.99. The number of likely N-dealkylation sites (tertiary alicyclic amines) is 1. The quantitative estimate of drug-likeness (QED) is 0.762. The number of anilines is 1. The minimum absolute atomic E-state index is 0.515. The van der Waals surface area contributed by atoms with Gasteiger partial charge in [0.1, 0.15) is 18.5 Å². The number of alkyl halides is 1. The van der Waals surface area contributed by atoms with Crippen molar-refractivity contribution in [1.82, 2.24) is 15.3 Å². The van der Waals surface area contributed by atoms with Gasteiger partial charge < -0.3 is 15.5 Å². The van der Waals surface area contributed by atoms with Crippen molar-refractivity contribution in [1.29, 1.82) is 0 Å². The molecule has 3 rings (SSSR count). The Kier molecular flexibility index (Phi) is 5.08. The maximum Gasteiger partial charge on any atom is 0.128 e. The van der Waals surface area contributed by atoms with E-state index in [-0.39, 0.29) is 0 Å². The largest absolute Gasteiger partial charge is 0.492 e. The second kappa shape index (κ2) is 7.07. The van der Waals surface area contributed by atoms with Crippen molar-refractivity contribution in [2.45, 2.75) is 12.6 Å². The van der Waals surface area contributed by atoms with E-state index in [1.807, 2.05) is 30.3 Å². The Bertz CT molecular complexity index is 610. The van der Waals surface area contributed by atoms with Gasteiger partial charge in [0, 0.05) is 49.0 Å². The van der Waals surface area contributed by atoms with Gasteiger partial charge in [0.15, 0.2) is 0 Å². The van der Waals surface area contributed by atoms with Crippen molar-refractivity contribution in [2.75, 3.05) is 45.6 Å². The Morgan fingerprint density at radius 2 is 2.30 bits per heavy atom. The average Bonchev–Trinajstić information content (AvgIpc) is 3.07. The molecule has 23 heavy (non-hydrogen) atoms. The molecular formula is C16H22BrFN4O. The third-order valence-electron chi connectivity index (χ3n) is 4.20. The first-order chi connectivity index (χ1) is 11.0. The van der Waals surface area contributed by atoms with Crippen LogP contribution in [0.15, 0.2) is 22.7 Å². The van der Waals surface area contributed by atoms with Gasteiger partial charge in [-0.15, -0.1) is 0 Å². The summed E-state index contributed by atoms with van der Waals surface area (Å²) in [5, 5.41) is 1.96.